The van der Waals surface area contributed by atoms with Crippen molar-refractivity contribution in [3.05, 3.63) is 47.2 Å². The second-order valence-corrected chi connectivity index (χ2v) is 5.60. The van der Waals surface area contributed by atoms with Gasteiger partial charge in [0.2, 0.25) is 0 Å². The lowest BCUT2D eigenvalue weighted by Gasteiger charge is -2.05. The van der Waals surface area contributed by atoms with Gasteiger partial charge in [-0.3, -0.25) is 4.68 Å². The van der Waals surface area contributed by atoms with Crippen LogP contribution in [-0.2, 0) is 19.6 Å². The maximum Gasteiger partial charge on any atom is 0.435 e. The molecule has 1 aromatic heterocycles. The number of hydrogen-bond donors (Lipinski definition) is 1. The molecule has 0 aliphatic heterocycles. The Bertz CT molecular complexity index is 653. The number of oxime groups is 1. The molecule has 0 unspecified atom stereocenters. The number of benzene rings is 1. The van der Waals surface area contributed by atoms with Gasteiger partial charge in [-0.2, -0.15) is 18.3 Å². The first-order valence-corrected chi connectivity index (χ1v) is 7.40. The summed E-state index contributed by atoms with van der Waals surface area (Å²) in [7, 11) is 1.44. The van der Waals surface area contributed by atoms with Crippen LogP contribution in [-0.4, -0.2) is 27.0 Å². The minimum Gasteiger partial charge on any atom is -0.411 e. The number of aromatic nitrogens is 2. The van der Waals surface area contributed by atoms with Crippen LogP contribution in [0.3, 0.4) is 0 Å². The van der Waals surface area contributed by atoms with Crippen molar-refractivity contribution in [3.63, 3.8) is 0 Å². The van der Waals surface area contributed by atoms with Gasteiger partial charge in [-0.15, -0.1) is 11.8 Å². The molecule has 1 N–H and O–H groups in total. The van der Waals surface area contributed by atoms with E-state index in [0.717, 1.165) is 16.5 Å². The lowest BCUT2D eigenvalue weighted by Crippen LogP contribution is -2.09. The van der Waals surface area contributed by atoms with Crippen LogP contribution in [0.5, 0.6) is 0 Å². The lowest BCUT2D eigenvalue weighted by molar-refractivity contribution is -0.141. The van der Waals surface area contributed by atoms with Crippen molar-refractivity contribution >= 4 is 18.0 Å². The molecule has 1 heterocycles. The number of thioether (sulfide) groups is 1. The van der Waals surface area contributed by atoms with Crippen LogP contribution in [0.15, 0.2) is 40.5 Å². The third kappa shape index (κ3) is 3.82. The summed E-state index contributed by atoms with van der Waals surface area (Å²) in [6, 6.07) is 9.65. The van der Waals surface area contributed by atoms with E-state index in [9.17, 15) is 13.2 Å². The van der Waals surface area contributed by atoms with Crippen molar-refractivity contribution < 1.29 is 18.4 Å². The normalized spacial score (nSPS) is 12.2. The first-order chi connectivity index (χ1) is 10.4. The zero-order chi connectivity index (χ0) is 16.2. The van der Waals surface area contributed by atoms with Crippen molar-refractivity contribution in [1.82, 2.24) is 9.78 Å². The Kier molecular flexibility index (Phi) is 5.12. The van der Waals surface area contributed by atoms with E-state index in [0.29, 0.717) is 17.2 Å². The van der Waals surface area contributed by atoms with Crippen molar-refractivity contribution in [3.8, 4) is 0 Å². The Balaban J connectivity index is 2.18. The molecule has 0 saturated heterocycles. The molecule has 0 fully saturated rings. The van der Waals surface area contributed by atoms with Crippen LogP contribution < -0.4 is 0 Å². The third-order valence-electron chi connectivity index (χ3n) is 2.96. The van der Waals surface area contributed by atoms with Gasteiger partial charge in [0.15, 0.2) is 5.69 Å². The SMILES string of the molecule is Cn1nc(C(F)(F)F)c(/C=N/O)c1SCCc1ccccc1. The Hall–Kier alpha value is -1.96. The van der Waals surface area contributed by atoms with Gasteiger partial charge in [0, 0.05) is 12.8 Å². The fourth-order valence-corrected chi connectivity index (χ4v) is 3.05. The number of halogens is 3. The fourth-order valence-electron chi connectivity index (χ4n) is 1.99. The topological polar surface area (TPSA) is 50.4 Å². The molecule has 0 spiro atoms. The Morgan fingerprint density at radius 1 is 1.32 bits per heavy atom. The molecule has 22 heavy (non-hydrogen) atoms. The van der Waals surface area contributed by atoms with Crippen molar-refractivity contribution in [2.75, 3.05) is 5.75 Å². The third-order valence-corrected chi connectivity index (χ3v) is 4.12. The molecule has 8 heteroatoms. The van der Waals surface area contributed by atoms with E-state index >= 15 is 0 Å². The van der Waals surface area contributed by atoms with Gasteiger partial charge in [-0.05, 0) is 12.0 Å². The minimum absolute atomic E-state index is 0.212. The number of aryl methyl sites for hydroxylation is 2. The highest BCUT2D eigenvalue weighted by atomic mass is 32.2. The Labute approximate surface area is 129 Å². The zero-order valence-electron chi connectivity index (χ0n) is 11.7. The maximum atomic E-state index is 12.9. The van der Waals surface area contributed by atoms with Gasteiger partial charge >= 0.3 is 6.18 Å². The molecule has 1 aromatic carbocycles. The summed E-state index contributed by atoms with van der Waals surface area (Å²) < 4.78 is 39.9. The van der Waals surface area contributed by atoms with Gasteiger partial charge in [-0.25, -0.2) is 0 Å². The summed E-state index contributed by atoms with van der Waals surface area (Å²) >= 11 is 1.24. The average molecular weight is 329 g/mol. The Morgan fingerprint density at radius 3 is 2.59 bits per heavy atom. The van der Waals surface area contributed by atoms with Gasteiger partial charge in [0.05, 0.1) is 11.8 Å². The maximum absolute atomic E-state index is 12.9. The smallest absolute Gasteiger partial charge is 0.411 e. The number of hydrogen-bond acceptors (Lipinski definition) is 4. The van der Waals surface area contributed by atoms with Gasteiger partial charge in [0.25, 0.3) is 0 Å². The van der Waals surface area contributed by atoms with E-state index in [-0.39, 0.29) is 5.56 Å². The van der Waals surface area contributed by atoms with Crippen LogP contribution in [0, 0.1) is 0 Å². The zero-order valence-corrected chi connectivity index (χ0v) is 12.5. The minimum atomic E-state index is -4.59. The highest BCUT2D eigenvalue weighted by Crippen LogP contribution is 2.35. The quantitative estimate of drug-likeness (QED) is 0.395. The first-order valence-electron chi connectivity index (χ1n) is 6.42. The molecule has 2 rings (SSSR count). The van der Waals surface area contributed by atoms with Gasteiger partial charge in [0.1, 0.15) is 5.03 Å². The van der Waals surface area contributed by atoms with E-state index in [4.69, 9.17) is 5.21 Å². The molecule has 0 atom stereocenters. The molecule has 0 amide bonds. The molecule has 4 nitrogen and oxygen atoms in total. The molecule has 0 aliphatic carbocycles. The summed E-state index contributed by atoms with van der Waals surface area (Å²) in [6.07, 6.45) is -3.10. The van der Waals surface area contributed by atoms with E-state index < -0.39 is 11.9 Å². The molecular weight excluding hydrogens is 315 g/mol. The lowest BCUT2D eigenvalue weighted by atomic mass is 10.2. The van der Waals surface area contributed by atoms with Crippen molar-refractivity contribution in [1.29, 1.82) is 0 Å². The molecule has 2 aromatic rings. The molecule has 0 radical (unpaired) electrons. The van der Waals surface area contributed by atoms with Crippen molar-refractivity contribution in [2.45, 2.75) is 17.6 Å². The highest BCUT2D eigenvalue weighted by molar-refractivity contribution is 7.99. The van der Waals surface area contributed by atoms with Crippen LogP contribution in [0.4, 0.5) is 13.2 Å². The summed E-state index contributed by atoms with van der Waals surface area (Å²) in [4.78, 5) is 0. The van der Waals surface area contributed by atoms with Crippen LogP contribution >= 0.6 is 11.8 Å². The van der Waals surface area contributed by atoms with Gasteiger partial charge < -0.3 is 5.21 Å². The predicted molar refractivity (Wildman–Crippen MR) is 78.5 cm³/mol. The van der Waals surface area contributed by atoms with E-state index in [2.05, 4.69) is 10.3 Å². The summed E-state index contributed by atoms with van der Waals surface area (Å²) in [5, 5.41) is 15.1. The molecular formula is C14H14F3N3OS. The summed E-state index contributed by atoms with van der Waals surface area (Å²) in [5.41, 5.74) is -0.156. The molecule has 0 saturated carbocycles. The highest BCUT2D eigenvalue weighted by Gasteiger charge is 2.38. The van der Waals surface area contributed by atoms with Crippen LogP contribution in [0.1, 0.15) is 16.8 Å². The number of alkyl halides is 3. The van der Waals surface area contributed by atoms with Crippen LogP contribution in [0.2, 0.25) is 0 Å². The molecule has 0 bridgehead atoms. The standard InChI is InChI=1S/C14H14F3N3OS/c1-20-13(22-8-7-10-5-3-2-4-6-10)11(9-18-21)12(19-20)14(15,16)17/h2-6,9,21H,7-8H2,1H3/b18-9+. The second-order valence-electron chi connectivity index (χ2n) is 4.52. The summed E-state index contributed by atoms with van der Waals surface area (Å²) in [6.45, 7) is 0. The monoisotopic (exact) mass is 329 g/mol. The number of rotatable bonds is 5. The Morgan fingerprint density at radius 2 is 2.00 bits per heavy atom. The predicted octanol–water partition coefficient (Wildman–Crippen LogP) is 3.58. The van der Waals surface area contributed by atoms with E-state index in [1.54, 1.807) is 0 Å². The second kappa shape index (κ2) is 6.87. The van der Waals surface area contributed by atoms with Gasteiger partial charge in [-0.1, -0.05) is 35.5 Å². The number of nitrogens with zero attached hydrogens (tertiary/aromatic N) is 3. The molecule has 0 aliphatic rings. The molecule has 118 valence electrons. The largest absolute Gasteiger partial charge is 0.435 e. The van der Waals surface area contributed by atoms with Crippen molar-refractivity contribution in [2.24, 2.45) is 12.2 Å². The fraction of sp³-hybridized carbons (Fsp3) is 0.286. The van der Waals surface area contributed by atoms with E-state index in [1.165, 1.54) is 18.8 Å². The van der Waals surface area contributed by atoms with E-state index in [1.807, 2.05) is 30.3 Å². The van der Waals surface area contributed by atoms with Crippen LogP contribution in [0.25, 0.3) is 0 Å². The average Bonchev–Trinajstić information content (AvgIpc) is 2.78. The first kappa shape index (κ1) is 16.4. The summed E-state index contributed by atoms with van der Waals surface area (Å²) in [5.74, 6) is 0.590.